The number of hydrogen-bond donors (Lipinski definition) is 2. The molecule has 2 aromatic carbocycles. The van der Waals surface area contributed by atoms with Crippen LogP contribution in [0, 0.1) is 25.2 Å². The summed E-state index contributed by atoms with van der Waals surface area (Å²) in [5.74, 6) is -0.202. The summed E-state index contributed by atoms with van der Waals surface area (Å²) < 4.78 is 0. The van der Waals surface area contributed by atoms with Gasteiger partial charge in [-0.05, 0) is 55.5 Å². The third-order valence-electron chi connectivity index (χ3n) is 6.55. The Morgan fingerprint density at radius 2 is 1.78 bits per heavy atom. The van der Waals surface area contributed by atoms with Gasteiger partial charge in [0.15, 0.2) is 0 Å². The summed E-state index contributed by atoms with van der Waals surface area (Å²) in [6, 6.07) is 14.4. The van der Waals surface area contributed by atoms with Crippen molar-refractivity contribution in [2.75, 3.05) is 38.1 Å². The second-order valence-electron chi connectivity index (χ2n) is 9.77. The molecular formula is C28H38ClN5O2. The summed E-state index contributed by atoms with van der Waals surface area (Å²) in [4.78, 5) is 29.7. The van der Waals surface area contributed by atoms with E-state index in [0.717, 1.165) is 24.1 Å². The predicted octanol–water partition coefficient (Wildman–Crippen LogP) is 3.14. The van der Waals surface area contributed by atoms with Gasteiger partial charge in [0, 0.05) is 37.9 Å². The number of amides is 2. The quantitative estimate of drug-likeness (QED) is 0.478. The number of nitrogens with zero attached hydrogens (tertiary/aromatic N) is 3. The molecule has 0 spiro atoms. The van der Waals surface area contributed by atoms with Crippen molar-refractivity contribution in [1.29, 1.82) is 5.26 Å². The van der Waals surface area contributed by atoms with Gasteiger partial charge in [-0.25, -0.2) is 0 Å². The molecule has 0 fully saturated rings. The Kier molecular flexibility index (Phi) is 10.8. The molecule has 1 unspecified atom stereocenters. The topological polar surface area (TPSA) is 88.5 Å². The number of anilines is 1. The Hall–Kier alpha value is -3.08. The molecule has 0 bridgehead atoms. The molecule has 0 saturated heterocycles. The van der Waals surface area contributed by atoms with Gasteiger partial charge in [0.1, 0.15) is 0 Å². The third kappa shape index (κ3) is 7.71. The lowest BCUT2D eigenvalue weighted by Gasteiger charge is -2.30. The molecule has 2 amide bonds. The molecule has 36 heavy (non-hydrogen) atoms. The molecule has 1 atom stereocenters. The molecule has 0 saturated carbocycles. The third-order valence-corrected chi connectivity index (χ3v) is 6.55. The number of aryl methyl sites for hydroxylation is 2. The largest absolute Gasteiger partial charge is 0.353 e. The van der Waals surface area contributed by atoms with Crippen LogP contribution in [0.15, 0.2) is 36.4 Å². The number of hydrogen-bond acceptors (Lipinski definition) is 5. The normalized spacial score (nSPS) is 14.0. The van der Waals surface area contributed by atoms with Crippen molar-refractivity contribution in [3.05, 3.63) is 64.2 Å². The highest BCUT2D eigenvalue weighted by molar-refractivity contribution is 5.87. The maximum Gasteiger partial charge on any atom is 0.242 e. The maximum atomic E-state index is 13.4. The van der Waals surface area contributed by atoms with Crippen LogP contribution in [-0.2, 0) is 22.4 Å². The summed E-state index contributed by atoms with van der Waals surface area (Å²) in [5.41, 5.74) is 5.97. The Bertz CT molecular complexity index is 1110. The summed E-state index contributed by atoms with van der Waals surface area (Å²) in [5, 5.41) is 15.6. The highest BCUT2D eigenvalue weighted by Crippen LogP contribution is 2.27. The van der Waals surface area contributed by atoms with Crippen LogP contribution in [0.5, 0.6) is 0 Å². The van der Waals surface area contributed by atoms with Gasteiger partial charge in [0.25, 0.3) is 0 Å². The van der Waals surface area contributed by atoms with Crippen LogP contribution in [-0.4, -0.2) is 62.0 Å². The van der Waals surface area contributed by atoms with E-state index in [1.165, 1.54) is 16.7 Å². The SMILES string of the molecule is Cc1ccc2c(c1)CC(N(C)C(=O)CN(CC(=O)NCCNC(C)C)c1cc(C#N)ccc1C)C2.Cl. The molecule has 0 aliphatic heterocycles. The zero-order valence-corrected chi connectivity index (χ0v) is 22.7. The monoisotopic (exact) mass is 511 g/mol. The zero-order chi connectivity index (χ0) is 25.5. The molecule has 7 nitrogen and oxygen atoms in total. The van der Waals surface area contributed by atoms with Crippen molar-refractivity contribution >= 4 is 29.9 Å². The lowest BCUT2D eigenvalue weighted by Crippen LogP contribution is -2.47. The average Bonchev–Trinajstić information content (AvgIpc) is 3.24. The molecule has 2 aromatic rings. The van der Waals surface area contributed by atoms with Gasteiger partial charge in [-0.15, -0.1) is 12.4 Å². The Labute approximate surface area is 221 Å². The summed E-state index contributed by atoms with van der Waals surface area (Å²) >= 11 is 0. The van der Waals surface area contributed by atoms with Crippen LogP contribution in [0.25, 0.3) is 0 Å². The first-order chi connectivity index (χ1) is 16.7. The number of halogens is 1. The molecule has 8 heteroatoms. The van der Waals surface area contributed by atoms with Crippen LogP contribution in [0.3, 0.4) is 0 Å². The minimum absolute atomic E-state index is 0. The van der Waals surface area contributed by atoms with Crippen LogP contribution in [0.1, 0.15) is 41.7 Å². The van der Waals surface area contributed by atoms with E-state index >= 15 is 0 Å². The molecule has 194 valence electrons. The van der Waals surface area contributed by atoms with E-state index in [0.29, 0.717) is 24.7 Å². The van der Waals surface area contributed by atoms with E-state index in [2.05, 4.69) is 55.7 Å². The van der Waals surface area contributed by atoms with Crippen LogP contribution in [0.2, 0.25) is 0 Å². The van der Waals surface area contributed by atoms with E-state index in [4.69, 9.17) is 0 Å². The second kappa shape index (κ2) is 13.3. The average molecular weight is 512 g/mol. The van der Waals surface area contributed by atoms with Crippen LogP contribution >= 0.6 is 12.4 Å². The molecule has 2 N–H and O–H groups in total. The smallest absolute Gasteiger partial charge is 0.242 e. The number of rotatable bonds is 10. The van der Waals surface area contributed by atoms with Gasteiger partial charge < -0.3 is 20.4 Å². The van der Waals surface area contributed by atoms with Gasteiger partial charge in [0.2, 0.25) is 11.8 Å². The zero-order valence-electron chi connectivity index (χ0n) is 21.9. The standard InChI is InChI=1S/C28H37N5O2.ClH/c1-19(2)30-10-11-31-27(34)17-33(26-13-22(16-29)8-7-21(26)4)18-28(35)32(5)25-14-23-9-6-20(3)12-24(23)15-25;/h6-9,12-13,19,25,30H,10-11,14-15,17-18H2,1-5H3,(H,31,34);1H. The fourth-order valence-electron chi connectivity index (χ4n) is 4.51. The van der Waals surface area contributed by atoms with Crippen molar-refractivity contribution in [2.24, 2.45) is 0 Å². The van der Waals surface area contributed by atoms with Crippen molar-refractivity contribution in [3.63, 3.8) is 0 Å². The van der Waals surface area contributed by atoms with Crippen molar-refractivity contribution in [3.8, 4) is 6.07 Å². The number of nitriles is 1. The van der Waals surface area contributed by atoms with Gasteiger partial charge >= 0.3 is 0 Å². The van der Waals surface area contributed by atoms with Crippen molar-refractivity contribution in [1.82, 2.24) is 15.5 Å². The lowest BCUT2D eigenvalue weighted by molar-refractivity contribution is -0.130. The first kappa shape index (κ1) is 29.2. The van der Waals surface area contributed by atoms with E-state index < -0.39 is 0 Å². The lowest BCUT2D eigenvalue weighted by atomic mass is 10.1. The molecule has 1 aliphatic rings. The van der Waals surface area contributed by atoms with Gasteiger partial charge in [0.05, 0.1) is 24.7 Å². The Morgan fingerprint density at radius 1 is 1.06 bits per heavy atom. The number of benzene rings is 2. The van der Waals surface area contributed by atoms with E-state index in [1.54, 1.807) is 17.0 Å². The predicted molar refractivity (Wildman–Crippen MR) is 147 cm³/mol. The van der Waals surface area contributed by atoms with E-state index in [1.807, 2.05) is 24.9 Å². The van der Waals surface area contributed by atoms with Crippen molar-refractivity contribution < 1.29 is 9.59 Å². The van der Waals surface area contributed by atoms with Gasteiger partial charge in [-0.3, -0.25) is 9.59 Å². The van der Waals surface area contributed by atoms with Crippen molar-refractivity contribution in [2.45, 2.75) is 52.6 Å². The van der Waals surface area contributed by atoms with Crippen LogP contribution < -0.4 is 15.5 Å². The first-order valence-corrected chi connectivity index (χ1v) is 12.3. The fourth-order valence-corrected chi connectivity index (χ4v) is 4.51. The molecule has 0 radical (unpaired) electrons. The van der Waals surface area contributed by atoms with E-state index in [9.17, 15) is 14.9 Å². The molecule has 0 aromatic heterocycles. The summed E-state index contributed by atoms with van der Waals surface area (Å²) in [6.07, 6.45) is 1.68. The Morgan fingerprint density at radius 3 is 2.47 bits per heavy atom. The highest BCUT2D eigenvalue weighted by Gasteiger charge is 2.29. The van der Waals surface area contributed by atoms with Crippen LogP contribution in [0.4, 0.5) is 5.69 Å². The minimum atomic E-state index is -0.156. The minimum Gasteiger partial charge on any atom is -0.353 e. The summed E-state index contributed by atoms with van der Waals surface area (Å²) in [7, 11) is 1.85. The molecule has 3 rings (SSSR count). The number of fused-ring (bicyclic) bond motifs is 1. The maximum absolute atomic E-state index is 13.4. The van der Waals surface area contributed by atoms with Gasteiger partial charge in [-0.2, -0.15) is 5.26 Å². The Balaban J connectivity index is 0.00000456. The molecule has 1 aliphatic carbocycles. The number of nitrogens with one attached hydrogen (secondary N) is 2. The highest BCUT2D eigenvalue weighted by atomic mass is 35.5. The molecular weight excluding hydrogens is 474 g/mol. The number of carbonyl (C=O) groups is 2. The molecule has 0 heterocycles. The van der Waals surface area contributed by atoms with Gasteiger partial charge in [-0.1, -0.05) is 43.7 Å². The van der Waals surface area contributed by atoms with E-state index in [-0.39, 0.29) is 43.4 Å². The summed E-state index contributed by atoms with van der Waals surface area (Å²) in [6.45, 7) is 9.42. The number of carbonyl (C=O) groups excluding carboxylic acids is 2. The second-order valence-corrected chi connectivity index (χ2v) is 9.77. The first-order valence-electron chi connectivity index (χ1n) is 12.3. The number of likely N-dealkylation sites (N-methyl/N-ethyl adjacent to an activating group) is 1. The fraction of sp³-hybridized carbons (Fsp3) is 0.464.